The van der Waals surface area contributed by atoms with Crippen molar-refractivity contribution in [1.82, 2.24) is 10.3 Å². The van der Waals surface area contributed by atoms with Crippen LogP contribution in [0.4, 0.5) is 0 Å². The molecule has 2 N–H and O–H groups in total. The molecule has 126 valence electrons. The molecule has 1 aliphatic rings. The van der Waals surface area contributed by atoms with Crippen molar-refractivity contribution >= 4 is 39.2 Å². The van der Waals surface area contributed by atoms with Crippen molar-refractivity contribution in [2.24, 2.45) is 0 Å². The Morgan fingerprint density at radius 2 is 1.96 bits per heavy atom. The van der Waals surface area contributed by atoms with Gasteiger partial charge in [0.1, 0.15) is 0 Å². The Hall–Kier alpha value is -1.29. The first kappa shape index (κ1) is 17.5. The number of aromatic amines is 1. The van der Waals surface area contributed by atoms with Gasteiger partial charge >= 0.3 is 0 Å². The van der Waals surface area contributed by atoms with E-state index in [0.29, 0.717) is 12.1 Å². The van der Waals surface area contributed by atoms with Gasteiger partial charge in [-0.15, -0.1) is 12.4 Å². The van der Waals surface area contributed by atoms with Gasteiger partial charge in [0.05, 0.1) is 0 Å². The molecule has 0 saturated heterocycles. The van der Waals surface area contributed by atoms with Crippen LogP contribution in [-0.4, -0.2) is 4.98 Å². The van der Waals surface area contributed by atoms with Crippen LogP contribution in [0.5, 0.6) is 0 Å². The summed E-state index contributed by atoms with van der Waals surface area (Å²) in [5.41, 5.74) is 5.47. The van der Waals surface area contributed by atoms with Crippen LogP contribution in [0.15, 0.2) is 53.0 Å². The van der Waals surface area contributed by atoms with Crippen LogP contribution in [0.2, 0.25) is 0 Å². The van der Waals surface area contributed by atoms with Crippen LogP contribution >= 0.6 is 28.3 Å². The van der Waals surface area contributed by atoms with Crippen molar-refractivity contribution in [1.29, 1.82) is 0 Å². The summed E-state index contributed by atoms with van der Waals surface area (Å²) >= 11 is 3.60. The molecular weight excluding hydrogens is 384 g/mol. The lowest BCUT2D eigenvalue weighted by molar-refractivity contribution is 0.410. The third-order valence-corrected chi connectivity index (χ3v) is 5.41. The Morgan fingerprint density at radius 3 is 2.75 bits per heavy atom. The molecule has 1 unspecified atom stereocenters. The molecule has 2 nitrogen and oxygen atoms in total. The summed E-state index contributed by atoms with van der Waals surface area (Å²) in [5, 5.41) is 5.19. The number of hydrogen-bond donors (Lipinski definition) is 2. The van der Waals surface area contributed by atoms with E-state index in [-0.39, 0.29) is 12.4 Å². The first-order chi connectivity index (χ1) is 11.2. The molecule has 0 fully saturated rings. The largest absolute Gasteiger partial charge is 0.357 e. The molecule has 0 saturated carbocycles. The fraction of sp³-hybridized carbons (Fsp3) is 0.300. The van der Waals surface area contributed by atoms with Crippen LogP contribution in [0, 0.1) is 0 Å². The quantitative estimate of drug-likeness (QED) is 0.543. The Bertz CT molecular complexity index is 828. The van der Waals surface area contributed by atoms with Gasteiger partial charge in [0.2, 0.25) is 0 Å². The van der Waals surface area contributed by atoms with Crippen LogP contribution in [0.25, 0.3) is 10.9 Å². The van der Waals surface area contributed by atoms with Gasteiger partial charge in [0, 0.05) is 33.2 Å². The van der Waals surface area contributed by atoms with Gasteiger partial charge in [-0.2, -0.15) is 0 Å². The van der Waals surface area contributed by atoms with Crippen LogP contribution in [0.1, 0.15) is 48.7 Å². The topological polar surface area (TPSA) is 27.8 Å². The summed E-state index contributed by atoms with van der Waals surface area (Å²) < 4.78 is 1.15. The highest BCUT2D eigenvalue weighted by atomic mass is 79.9. The first-order valence-corrected chi connectivity index (χ1v) is 9.12. The molecule has 1 heterocycles. The lowest BCUT2D eigenvalue weighted by Gasteiger charge is -2.27. The maximum atomic E-state index is 3.82. The Kier molecular flexibility index (Phi) is 5.33. The average molecular weight is 406 g/mol. The predicted octanol–water partition coefficient (Wildman–Crippen LogP) is 6.08. The molecular formula is C20H22BrClN2. The number of nitrogens with one attached hydrogen (secondary N) is 2. The number of halogens is 2. The summed E-state index contributed by atoms with van der Waals surface area (Å²) in [7, 11) is 0. The monoisotopic (exact) mass is 404 g/mol. The zero-order valence-corrected chi connectivity index (χ0v) is 16.1. The summed E-state index contributed by atoms with van der Waals surface area (Å²) in [6.45, 7) is 2.25. The normalized spacial score (nSPS) is 18.0. The first-order valence-electron chi connectivity index (χ1n) is 8.33. The van der Waals surface area contributed by atoms with Crippen molar-refractivity contribution in [3.8, 4) is 0 Å². The smallest absolute Gasteiger partial charge is 0.0480 e. The minimum absolute atomic E-state index is 0. The van der Waals surface area contributed by atoms with E-state index in [4.69, 9.17) is 0 Å². The zero-order valence-electron chi connectivity index (χ0n) is 13.7. The second-order valence-electron chi connectivity index (χ2n) is 6.45. The molecule has 3 aromatic rings. The van der Waals surface area contributed by atoms with Crippen LogP contribution in [-0.2, 0) is 6.42 Å². The van der Waals surface area contributed by atoms with Crippen molar-refractivity contribution in [3.05, 3.63) is 69.8 Å². The van der Waals surface area contributed by atoms with Gasteiger partial charge in [0.25, 0.3) is 0 Å². The average Bonchev–Trinajstić information content (AvgIpc) is 2.95. The second-order valence-corrected chi connectivity index (χ2v) is 7.37. The number of H-pyrrole nitrogens is 1. The fourth-order valence-electron chi connectivity index (χ4n) is 3.74. The SMILES string of the molecule is C[C@@H](NC1CCCc2c1[nH]c1ccc(Br)cc21)c1ccccc1.Cl. The van der Waals surface area contributed by atoms with Gasteiger partial charge in [-0.05, 0) is 55.5 Å². The summed E-state index contributed by atoms with van der Waals surface area (Å²) in [5.74, 6) is 0. The third kappa shape index (κ3) is 3.26. The van der Waals surface area contributed by atoms with Gasteiger partial charge in [-0.3, -0.25) is 0 Å². The van der Waals surface area contributed by atoms with Crippen molar-refractivity contribution < 1.29 is 0 Å². The number of fused-ring (bicyclic) bond motifs is 3. The van der Waals surface area contributed by atoms with Crippen molar-refractivity contribution in [2.45, 2.75) is 38.3 Å². The molecule has 0 aliphatic heterocycles. The lowest BCUT2D eigenvalue weighted by Crippen LogP contribution is -2.27. The van der Waals surface area contributed by atoms with E-state index in [1.807, 2.05) is 0 Å². The summed E-state index contributed by atoms with van der Waals surface area (Å²) in [4.78, 5) is 3.67. The molecule has 4 heteroatoms. The summed E-state index contributed by atoms with van der Waals surface area (Å²) in [6, 6.07) is 18.0. The highest BCUT2D eigenvalue weighted by Gasteiger charge is 2.25. The molecule has 1 aromatic heterocycles. The van der Waals surface area contributed by atoms with E-state index >= 15 is 0 Å². The van der Waals surface area contributed by atoms with Gasteiger partial charge in [0.15, 0.2) is 0 Å². The Morgan fingerprint density at radius 1 is 1.17 bits per heavy atom. The molecule has 4 rings (SSSR count). The highest BCUT2D eigenvalue weighted by Crippen LogP contribution is 2.36. The zero-order chi connectivity index (χ0) is 15.8. The maximum Gasteiger partial charge on any atom is 0.0480 e. The van der Waals surface area contributed by atoms with Crippen LogP contribution < -0.4 is 5.32 Å². The van der Waals surface area contributed by atoms with E-state index in [1.165, 1.54) is 47.0 Å². The molecule has 0 bridgehead atoms. The highest BCUT2D eigenvalue weighted by molar-refractivity contribution is 9.10. The van der Waals surface area contributed by atoms with Gasteiger partial charge in [-0.1, -0.05) is 46.3 Å². The summed E-state index contributed by atoms with van der Waals surface area (Å²) in [6.07, 6.45) is 3.60. The van der Waals surface area contributed by atoms with E-state index in [2.05, 4.69) is 81.7 Å². The molecule has 0 radical (unpaired) electrons. The third-order valence-electron chi connectivity index (χ3n) is 4.92. The molecule has 24 heavy (non-hydrogen) atoms. The second kappa shape index (κ2) is 7.30. The Balaban J connectivity index is 0.00000169. The maximum absolute atomic E-state index is 3.82. The molecule has 0 spiro atoms. The minimum Gasteiger partial charge on any atom is -0.357 e. The van der Waals surface area contributed by atoms with E-state index in [0.717, 1.165) is 4.47 Å². The molecule has 2 aromatic carbocycles. The number of aromatic nitrogens is 1. The Labute approximate surface area is 157 Å². The van der Waals surface area contributed by atoms with Crippen LogP contribution in [0.3, 0.4) is 0 Å². The van der Waals surface area contributed by atoms with E-state index in [1.54, 1.807) is 0 Å². The van der Waals surface area contributed by atoms with Gasteiger partial charge < -0.3 is 10.3 Å². The number of hydrogen-bond acceptors (Lipinski definition) is 1. The van der Waals surface area contributed by atoms with E-state index < -0.39 is 0 Å². The molecule has 1 aliphatic carbocycles. The predicted molar refractivity (Wildman–Crippen MR) is 107 cm³/mol. The lowest BCUT2D eigenvalue weighted by atomic mass is 9.91. The van der Waals surface area contributed by atoms with E-state index in [9.17, 15) is 0 Å². The standard InChI is InChI=1S/C20H21BrN2.ClH/c1-13(14-6-3-2-4-7-14)22-19-9-5-8-16-17-12-15(21)10-11-18(17)23-20(16)19;/h2-4,6-7,10-13,19,22-23H,5,8-9H2,1H3;1H/t13-,19?;/m1./s1. The molecule has 2 atom stereocenters. The number of aryl methyl sites for hydroxylation is 1. The number of rotatable bonds is 3. The molecule has 0 amide bonds. The number of benzene rings is 2. The van der Waals surface area contributed by atoms with Crippen molar-refractivity contribution in [2.75, 3.05) is 0 Å². The van der Waals surface area contributed by atoms with Gasteiger partial charge in [-0.25, -0.2) is 0 Å². The fourth-order valence-corrected chi connectivity index (χ4v) is 4.10. The minimum atomic E-state index is 0. The van der Waals surface area contributed by atoms with Crippen molar-refractivity contribution in [3.63, 3.8) is 0 Å².